The molecule has 1 aliphatic rings. The number of piperazine rings is 1. The Kier molecular flexibility index (Phi) is 5.73. The Bertz CT molecular complexity index is 210. The molecule has 0 saturated carbocycles. The molecule has 0 radical (unpaired) electrons. The van der Waals surface area contributed by atoms with Crippen LogP contribution in [0.2, 0.25) is 0 Å². The Morgan fingerprint density at radius 2 is 1.75 bits per heavy atom. The second kappa shape index (κ2) is 6.83. The number of hydrazine groups is 1. The molecular formula is C11H24N4O. The lowest BCUT2D eigenvalue weighted by atomic mass is 10.4. The van der Waals surface area contributed by atoms with Crippen molar-refractivity contribution in [2.75, 3.05) is 52.9 Å². The van der Waals surface area contributed by atoms with E-state index in [4.69, 9.17) is 0 Å². The van der Waals surface area contributed by atoms with Gasteiger partial charge in [0.25, 0.3) is 0 Å². The number of hydrogen-bond acceptors (Lipinski definition) is 4. The number of nitrogens with zero attached hydrogens (tertiary/aromatic N) is 3. The number of rotatable bonds is 5. The van der Waals surface area contributed by atoms with E-state index < -0.39 is 0 Å². The normalized spacial score (nSPS) is 18.7. The molecule has 0 bridgehead atoms. The molecule has 0 aromatic rings. The van der Waals surface area contributed by atoms with Crippen molar-refractivity contribution in [3.8, 4) is 0 Å². The van der Waals surface area contributed by atoms with Gasteiger partial charge in [0.1, 0.15) is 0 Å². The summed E-state index contributed by atoms with van der Waals surface area (Å²) in [5.74, 6) is 0.184. The van der Waals surface area contributed by atoms with Gasteiger partial charge in [0.15, 0.2) is 0 Å². The Hall–Kier alpha value is -0.650. The molecular weight excluding hydrogens is 204 g/mol. The van der Waals surface area contributed by atoms with Gasteiger partial charge in [0.2, 0.25) is 5.91 Å². The number of carbonyl (C=O) groups is 1. The summed E-state index contributed by atoms with van der Waals surface area (Å²) in [5.41, 5.74) is 3.21. The highest BCUT2D eigenvalue weighted by Gasteiger charge is 2.15. The van der Waals surface area contributed by atoms with Gasteiger partial charge in [0, 0.05) is 39.3 Å². The minimum absolute atomic E-state index is 0.184. The van der Waals surface area contributed by atoms with Crippen molar-refractivity contribution >= 4 is 5.91 Å². The van der Waals surface area contributed by atoms with E-state index in [2.05, 4.69) is 22.4 Å². The lowest BCUT2D eigenvalue weighted by Crippen LogP contribution is -2.53. The molecule has 16 heavy (non-hydrogen) atoms. The molecule has 1 saturated heterocycles. The van der Waals surface area contributed by atoms with Crippen LogP contribution in [0.1, 0.15) is 13.8 Å². The zero-order valence-electron chi connectivity index (χ0n) is 10.7. The molecule has 0 aliphatic carbocycles. The third-order valence-corrected chi connectivity index (χ3v) is 3.07. The summed E-state index contributed by atoms with van der Waals surface area (Å²) >= 11 is 0. The van der Waals surface area contributed by atoms with Crippen LogP contribution in [0.4, 0.5) is 0 Å². The highest BCUT2D eigenvalue weighted by atomic mass is 16.2. The highest BCUT2D eigenvalue weighted by molar-refractivity contribution is 5.78. The molecule has 0 spiro atoms. The minimum atomic E-state index is 0.184. The number of amides is 1. The van der Waals surface area contributed by atoms with Crippen molar-refractivity contribution in [2.24, 2.45) is 0 Å². The molecule has 1 heterocycles. The maximum atomic E-state index is 11.7. The fourth-order valence-corrected chi connectivity index (χ4v) is 1.83. The Morgan fingerprint density at radius 1 is 1.19 bits per heavy atom. The summed E-state index contributed by atoms with van der Waals surface area (Å²) in [5, 5.41) is 2.14. The van der Waals surface area contributed by atoms with Gasteiger partial charge in [0.05, 0.1) is 6.54 Å². The van der Waals surface area contributed by atoms with E-state index in [0.29, 0.717) is 6.54 Å². The third-order valence-electron chi connectivity index (χ3n) is 3.07. The van der Waals surface area contributed by atoms with Gasteiger partial charge >= 0.3 is 0 Å². The minimum Gasteiger partial charge on any atom is -0.342 e. The summed E-state index contributed by atoms with van der Waals surface area (Å²) in [7, 11) is 2.12. The molecule has 0 aromatic heterocycles. The quantitative estimate of drug-likeness (QED) is 0.695. The van der Waals surface area contributed by atoms with Crippen molar-refractivity contribution in [3.05, 3.63) is 0 Å². The first-order valence-corrected chi connectivity index (χ1v) is 6.12. The molecule has 1 aliphatic heterocycles. The van der Waals surface area contributed by atoms with Crippen molar-refractivity contribution in [1.82, 2.24) is 20.2 Å². The first-order valence-electron chi connectivity index (χ1n) is 6.12. The van der Waals surface area contributed by atoms with Crippen molar-refractivity contribution in [2.45, 2.75) is 13.8 Å². The van der Waals surface area contributed by atoms with Gasteiger partial charge in [-0.1, -0.05) is 0 Å². The van der Waals surface area contributed by atoms with Crippen LogP contribution in [-0.4, -0.2) is 73.6 Å². The van der Waals surface area contributed by atoms with E-state index in [1.165, 1.54) is 0 Å². The number of nitrogens with one attached hydrogen (secondary N) is 1. The summed E-state index contributed by atoms with van der Waals surface area (Å²) in [4.78, 5) is 15.9. The van der Waals surface area contributed by atoms with Crippen LogP contribution in [0, 0.1) is 0 Å². The van der Waals surface area contributed by atoms with Crippen molar-refractivity contribution in [3.63, 3.8) is 0 Å². The predicted octanol–water partition coefficient (Wildman–Crippen LogP) is -0.393. The van der Waals surface area contributed by atoms with Crippen LogP contribution in [0.5, 0.6) is 0 Å². The van der Waals surface area contributed by atoms with Crippen LogP contribution < -0.4 is 5.43 Å². The van der Waals surface area contributed by atoms with E-state index in [1.54, 1.807) is 0 Å². The molecule has 0 aromatic carbocycles. The predicted molar refractivity (Wildman–Crippen MR) is 65.0 cm³/mol. The van der Waals surface area contributed by atoms with Crippen LogP contribution >= 0.6 is 0 Å². The highest BCUT2D eigenvalue weighted by Crippen LogP contribution is 1.95. The lowest BCUT2D eigenvalue weighted by Gasteiger charge is -2.33. The molecule has 1 rings (SSSR count). The van der Waals surface area contributed by atoms with E-state index in [-0.39, 0.29) is 5.91 Å². The van der Waals surface area contributed by atoms with Crippen LogP contribution in [0.3, 0.4) is 0 Å². The number of hydrogen-bond donors (Lipinski definition) is 1. The first kappa shape index (κ1) is 13.4. The van der Waals surface area contributed by atoms with Crippen LogP contribution in [-0.2, 0) is 4.79 Å². The second-order valence-corrected chi connectivity index (χ2v) is 4.19. The monoisotopic (exact) mass is 228 g/mol. The molecule has 1 N–H and O–H groups in total. The Balaban J connectivity index is 2.21. The average Bonchev–Trinajstić information content (AvgIpc) is 2.30. The molecule has 0 unspecified atom stereocenters. The van der Waals surface area contributed by atoms with E-state index in [1.807, 2.05) is 18.7 Å². The van der Waals surface area contributed by atoms with E-state index in [0.717, 1.165) is 39.3 Å². The third kappa shape index (κ3) is 4.08. The van der Waals surface area contributed by atoms with Gasteiger partial charge in [-0.2, -0.15) is 0 Å². The maximum absolute atomic E-state index is 11.7. The number of carbonyl (C=O) groups excluding carboxylic acids is 1. The fraction of sp³-hybridized carbons (Fsp3) is 0.909. The van der Waals surface area contributed by atoms with Gasteiger partial charge in [-0.05, 0) is 20.9 Å². The summed E-state index contributed by atoms with van der Waals surface area (Å²) < 4.78 is 0. The maximum Gasteiger partial charge on any atom is 0.237 e. The molecule has 1 amide bonds. The van der Waals surface area contributed by atoms with Gasteiger partial charge in [-0.25, -0.2) is 10.4 Å². The molecule has 1 fully saturated rings. The average molecular weight is 228 g/mol. The fourth-order valence-electron chi connectivity index (χ4n) is 1.83. The lowest BCUT2D eigenvalue weighted by molar-refractivity contribution is -0.131. The van der Waals surface area contributed by atoms with Crippen LogP contribution in [0.25, 0.3) is 0 Å². The van der Waals surface area contributed by atoms with Crippen molar-refractivity contribution in [1.29, 1.82) is 0 Å². The van der Waals surface area contributed by atoms with Gasteiger partial charge < -0.3 is 9.80 Å². The largest absolute Gasteiger partial charge is 0.342 e. The Labute approximate surface area is 98.3 Å². The SMILES string of the molecule is CCN(CC)C(=O)CNN1CCN(C)CC1. The summed E-state index contributed by atoms with van der Waals surface area (Å²) in [6.45, 7) is 10.1. The zero-order chi connectivity index (χ0) is 12.0. The second-order valence-electron chi connectivity index (χ2n) is 4.19. The van der Waals surface area contributed by atoms with Crippen molar-refractivity contribution < 1.29 is 4.79 Å². The molecule has 0 atom stereocenters. The van der Waals surface area contributed by atoms with Crippen LogP contribution in [0.15, 0.2) is 0 Å². The summed E-state index contributed by atoms with van der Waals surface area (Å²) in [6, 6.07) is 0. The Morgan fingerprint density at radius 3 is 2.25 bits per heavy atom. The summed E-state index contributed by atoms with van der Waals surface area (Å²) in [6.07, 6.45) is 0. The standard InChI is InChI=1S/C11H24N4O/c1-4-14(5-2)11(16)10-12-15-8-6-13(3)7-9-15/h12H,4-10H2,1-3H3. The van der Waals surface area contributed by atoms with Gasteiger partial charge in [-0.3, -0.25) is 4.79 Å². The van der Waals surface area contributed by atoms with E-state index in [9.17, 15) is 4.79 Å². The molecule has 5 nitrogen and oxygen atoms in total. The molecule has 5 heteroatoms. The number of likely N-dealkylation sites (N-methyl/N-ethyl adjacent to an activating group) is 2. The smallest absolute Gasteiger partial charge is 0.237 e. The van der Waals surface area contributed by atoms with Gasteiger partial charge in [-0.15, -0.1) is 0 Å². The topological polar surface area (TPSA) is 38.8 Å². The first-order chi connectivity index (χ1) is 7.67. The van der Waals surface area contributed by atoms with E-state index >= 15 is 0 Å². The molecule has 94 valence electrons. The zero-order valence-corrected chi connectivity index (χ0v) is 10.7.